The topological polar surface area (TPSA) is 55.1 Å². The van der Waals surface area contributed by atoms with Crippen molar-refractivity contribution in [1.82, 2.24) is 0 Å². The maximum Gasteiger partial charge on any atom is 0.228 e. The number of halogens is 1. The van der Waals surface area contributed by atoms with Crippen LogP contribution in [0.15, 0.2) is 22.7 Å². The Kier molecular flexibility index (Phi) is 6.21. The van der Waals surface area contributed by atoms with E-state index >= 15 is 0 Å². The molecule has 1 amide bonds. The molecule has 3 nitrogen and oxygen atoms in total. The van der Waals surface area contributed by atoms with Gasteiger partial charge in [-0.2, -0.15) is 0 Å². The van der Waals surface area contributed by atoms with Crippen molar-refractivity contribution in [1.29, 1.82) is 0 Å². The van der Waals surface area contributed by atoms with Gasteiger partial charge in [0.1, 0.15) is 0 Å². The summed E-state index contributed by atoms with van der Waals surface area (Å²) in [7, 11) is 0. The number of aryl methyl sites for hydroxylation is 1. The average Bonchev–Trinajstić information content (AvgIpc) is 2.36. The van der Waals surface area contributed by atoms with Crippen LogP contribution in [0.1, 0.15) is 39.7 Å². The lowest BCUT2D eigenvalue weighted by Crippen LogP contribution is -2.32. The SMILES string of the molecule is CCc1cc(Br)ccc1NC(=O)C(CN)CC(C)(C)C. The van der Waals surface area contributed by atoms with Crippen molar-refractivity contribution < 1.29 is 4.79 Å². The normalized spacial score (nSPS) is 13.1. The molecule has 0 aliphatic heterocycles. The van der Waals surface area contributed by atoms with Gasteiger partial charge >= 0.3 is 0 Å². The third-order valence-corrected chi connectivity index (χ3v) is 3.71. The van der Waals surface area contributed by atoms with E-state index in [-0.39, 0.29) is 17.2 Å². The van der Waals surface area contributed by atoms with Crippen molar-refractivity contribution in [2.24, 2.45) is 17.1 Å². The van der Waals surface area contributed by atoms with Gasteiger partial charge in [-0.05, 0) is 42.0 Å². The van der Waals surface area contributed by atoms with E-state index in [0.29, 0.717) is 6.54 Å². The molecule has 1 rings (SSSR count). The second-order valence-corrected chi connectivity index (χ2v) is 7.26. The maximum absolute atomic E-state index is 12.4. The van der Waals surface area contributed by atoms with Crippen LogP contribution in [0, 0.1) is 11.3 Å². The molecule has 1 aromatic rings. The predicted octanol–water partition coefficient (Wildman–Crippen LogP) is 3.96. The van der Waals surface area contributed by atoms with Gasteiger partial charge in [-0.3, -0.25) is 4.79 Å². The number of amides is 1. The van der Waals surface area contributed by atoms with Crippen molar-refractivity contribution >= 4 is 27.5 Å². The molecule has 3 N–H and O–H groups in total. The quantitative estimate of drug-likeness (QED) is 0.852. The van der Waals surface area contributed by atoms with Crippen LogP contribution < -0.4 is 11.1 Å². The Balaban J connectivity index is 2.83. The van der Waals surface area contributed by atoms with Gasteiger partial charge in [-0.25, -0.2) is 0 Å². The zero-order valence-electron chi connectivity index (χ0n) is 12.8. The highest BCUT2D eigenvalue weighted by Gasteiger charge is 2.24. The van der Waals surface area contributed by atoms with Gasteiger partial charge in [0.15, 0.2) is 0 Å². The molecule has 0 aromatic heterocycles. The molecular formula is C16H25BrN2O. The third-order valence-electron chi connectivity index (χ3n) is 3.22. The van der Waals surface area contributed by atoms with E-state index in [9.17, 15) is 4.79 Å². The molecule has 0 aliphatic carbocycles. The fourth-order valence-corrected chi connectivity index (χ4v) is 2.64. The molecule has 0 aliphatic rings. The Hall–Kier alpha value is -0.870. The van der Waals surface area contributed by atoms with Crippen LogP contribution in [0.4, 0.5) is 5.69 Å². The highest BCUT2D eigenvalue weighted by molar-refractivity contribution is 9.10. The minimum absolute atomic E-state index is 0.0134. The number of carbonyl (C=O) groups is 1. The Morgan fingerprint density at radius 2 is 2.05 bits per heavy atom. The van der Waals surface area contributed by atoms with E-state index in [1.807, 2.05) is 18.2 Å². The molecule has 112 valence electrons. The van der Waals surface area contributed by atoms with Crippen LogP contribution in [0.2, 0.25) is 0 Å². The smallest absolute Gasteiger partial charge is 0.228 e. The number of rotatable bonds is 5. The first-order valence-corrected chi connectivity index (χ1v) is 7.85. The molecule has 20 heavy (non-hydrogen) atoms. The van der Waals surface area contributed by atoms with Gasteiger partial charge in [0.25, 0.3) is 0 Å². The number of carbonyl (C=O) groups excluding carboxylic acids is 1. The van der Waals surface area contributed by atoms with Gasteiger partial charge in [-0.1, -0.05) is 43.6 Å². The van der Waals surface area contributed by atoms with Gasteiger partial charge in [-0.15, -0.1) is 0 Å². The Labute approximate surface area is 130 Å². The lowest BCUT2D eigenvalue weighted by atomic mass is 9.84. The Morgan fingerprint density at radius 3 is 2.55 bits per heavy atom. The van der Waals surface area contributed by atoms with Gasteiger partial charge in [0.2, 0.25) is 5.91 Å². The van der Waals surface area contributed by atoms with Crippen LogP contribution in [0.5, 0.6) is 0 Å². The van der Waals surface area contributed by atoms with Crippen molar-refractivity contribution in [3.8, 4) is 0 Å². The van der Waals surface area contributed by atoms with Gasteiger partial charge in [0, 0.05) is 16.7 Å². The summed E-state index contributed by atoms with van der Waals surface area (Å²) >= 11 is 3.45. The van der Waals surface area contributed by atoms with Crippen LogP contribution >= 0.6 is 15.9 Å². The van der Waals surface area contributed by atoms with Crippen molar-refractivity contribution in [3.63, 3.8) is 0 Å². The van der Waals surface area contributed by atoms with Crippen LogP contribution in [0.3, 0.4) is 0 Å². The molecule has 0 spiro atoms. The van der Waals surface area contributed by atoms with E-state index in [0.717, 1.165) is 28.6 Å². The lowest BCUT2D eigenvalue weighted by molar-refractivity contribution is -0.120. The summed E-state index contributed by atoms with van der Waals surface area (Å²) in [5, 5.41) is 3.02. The summed E-state index contributed by atoms with van der Waals surface area (Å²) in [6.07, 6.45) is 1.66. The van der Waals surface area contributed by atoms with E-state index in [2.05, 4.69) is 48.9 Å². The van der Waals surface area contributed by atoms with Gasteiger partial charge in [0.05, 0.1) is 5.92 Å². The largest absolute Gasteiger partial charge is 0.330 e. The van der Waals surface area contributed by atoms with Crippen LogP contribution in [-0.2, 0) is 11.2 Å². The lowest BCUT2D eigenvalue weighted by Gasteiger charge is -2.24. The fourth-order valence-electron chi connectivity index (χ4n) is 2.23. The molecule has 0 saturated heterocycles. The Bertz CT molecular complexity index is 466. The molecule has 0 bridgehead atoms. The third kappa shape index (κ3) is 5.25. The summed E-state index contributed by atoms with van der Waals surface area (Å²) in [5.41, 5.74) is 7.86. The minimum Gasteiger partial charge on any atom is -0.330 e. The summed E-state index contributed by atoms with van der Waals surface area (Å²) in [4.78, 5) is 12.4. The van der Waals surface area contributed by atoms with E-state index < -0.39 is 0 Å². The zero-order valence-corrected chi connectivity index (χ0v) is 14.4. The summed E-state index contributed by atoms with van der Waals surface area (Å²) < 4.78 is 1.03. The average molecular weight is 341 g/mol. The number of hydrogen-bond acceptors (Lipinski definition) is 2. The molecule has 0 fully saturated rings. The first kappa shape index (κ1) is 17.2. The predicted molar refractivity (Wildman–Crippen MR) is 88.8 cm³/mol. The molecule has 4 heteroatoms. The number of hydrogen-bond donors (Lipinski definition) is 2. The number of benzene rings is 1. The Morgan fingerprint density at radius 1 is 1.40 bits per heavy atom. The second kappa shape index (κ2) is 7.23. The molecular weight excluding hydrogens is 316 g/mol. The second-order valence-electron chi connectivity index (χ2n) is 6.34. The first-order chi connectivity index (χ1) is 9.26. The summed E-state index contributed by atoms with van der Waals surface area (Å²) in [5.74, 6) is -0.136. The van der Waals surface area contributed by atoms with E-state index in [4.69, 9.17) is 5.73 Å². The maximum atomic E-state index is 12.4. The van der Waals surface area contributed by atoms with Crippen molar-refractivity contribution in [2.75, 3.05) is 11.9 Å². The zero-order chi connectivity index (χ0) is 15.3. The first-order valence-electron chi connectivity index (χ1n) is 7.06. The molecule has 0 saturated carbocycles. The van der Waals surface area contributed by atoms with Crippen molar-refractivity contribution in [2.45, 2.75) is 40.5 Å². The highest BCUT2D eigenvalue weighted by Crippen LogP contribution is 2.26. The standard InChI is InChI=1S/C16H25BrN2O/c1-5-11-8-13(17)6-7-14(11)19-15(20)12(10-18)9-16(2,3)4/h6-8,12H,5,9-10,18H2,1-4H3,(H,19,20). The molecule has 1 aromatic carbocycles. The molecule has 1 unspecified atom stereocenters. The van der Waals surface area contributed by atoms with Crippen molar-refractivity contribution in [3.05, 3.63) is 28.2 Å². The molecule has 0 heterocycles. The van der Waals surface area contributed by atoms with Gasteiger partial charge < -0.3 is 11.1 Å². The minimum atomic E-state index is -0.150. The number of anilines is 1. The van der Waals surface area contributed by atoms with E-state index in [1.165, 1.54) is 0 Å². The fraction of sp³-hybridized carbons (Fsp3) is 0.562. The summed E-state index contributed by atoms with van der Waals surface area (Å²) in [6, 6.07) is 5.91. The molecule has 0 radical (unpaired) electrons. The highest BCUT2D eigenvalue weighted by atomic mass is 79.9. The monoisotopic (exact) mass is 340 g/mol. The summed E-state index contributed by atoms with van der Waals surface area (Å²) in [6.45, 7) is 8.83. The van der Waals surface area contributed by atoms with Crippen LogP contribution in [0.25, 0.3) is 0 Å². The number of nitrogens with two attached hydrogens (primary N) is 1. The van der Waals surface area contributed by atoms with E-state index in [1.54, 1.807) is 0 Å². The number of nitrogens with one attached hydrogen (secondary N) is 1. The molecule has 1 atom stereocenters. The van der Waals surface area contributed by atoms with Crippen LogP contribution in [-0.4, -0.2) is 12.5 Å².